The Morgan fingerprint density at radius 2 is 2.29 bits per heavy atom. The lowest BCUT2D eigenvalue weighted by Gasteiger charge is -2.35. The number of piperidine rings is 1. The van der Waals surface area contributed by atoms with Crippen LogP contribution in [0.2, 0.25) is 0 Å². The smallest absolute Gasteiger partial charge is 0.323 e. The molecule has 0 aromatic heterocycles. The number of hydrogen-bond acceptors (Lipinski definition) is 4. The molecule has 4 heteroatoms. The van der Waals surface area contributed by atoms with Crippen LogP contribution in [0.5, 0.6) is 0 Å². The Labute approximate surface area is 103 Å². The second-order valence-corrected chi connectivity index (χ2v) is 4.79. The first-order valence-corrected chi connectivity index (χ1v) is 6.44. The summed E-state index contributed by atoms with van der Waals surface area (Å²) in [5, 5.41) is 0. The molecule has 1 saturated heterocycles. The van der Waals surface area contributed by atoms with Gasteiger partial charge in [0, 0.05) is 25.4 Å². The van der Waals surface area contributed by atoms with Crippen molar-refractivity contribution in [1.29, 1.82) is 0 Å². The molecule has 2 atom stereocenters. The first kappa shape index (κ1) is 14.2. The number of hydrogen-bond donors (Lipinski definition) is 0. The van der Waals surface area contributed by atoms with E-state index < -0.39 is 0 Å². The summed E-state index contributed by atoms with van der Waals surface area (Å²) >= 11 is 0. The monoisotopic (exact) mass is 241 g/mol. The molecule has 0 aliphatic carbocycles. The highest BCUT2D eigenvalue weighted by atomic mass is 16.5. The van der Waals surface area contributed by atoms with Crippen molar-refractivity contribution in [3.63, 3.8) is 0 Å². The number of carbonyl (C=O) groups excluding carboxylic acids is 2. The van der Waals surface area contributed by atoms with Crippen molar-refractivity contribution in [3.8, 4) is 0 Å². The molecule has 0 amide bonds. The van der Waals surface area contributed by atoms with E-state index in [0.717, 1.165) is 19.3 Å². The van der Waals surface area contributed by atoms with E-state index >= 15 is 0 Å². The maximum Gasteiger partial charge on any atom is 0.323 e. The number of methoxy groups -OCH3 is 1. The molecule has 1 fully saturated rings. The van der Waals surface area contributed by atoms with Crippen LogP contribution < -0.4 is 0 Å². The summed E-state index contributed by atoms with van der Waals surface area (Å²) in [6, 6.07) is -0.171. The van der Waals surface area contributed by atoms with Gasteiger partial charge in [0.2, 0.25) is 0 Å². The molecule has 0 aromatic carbocycles. The van der Waals surface area contributed by atoms with Gasteiger partial charge < -0.3 is 4.74 Å². The molecule has 1 aliphatic rings. The molecule has 0 bridgehead atoms. The van der Waals surface area contributed by atoms with Crippen LogP contribution in [0.15, 0.2) is 0 Å². The minimum atomic E-state index is -0.171. The lowest BCUT2D eigenvalue weighted by Crippen LogP contribution is -2.49. The maximum absolute atomic E-state index is 11.8. The van der Waals surface area contributed by atoms with Crippen LogP contribution in [0.25, 0.3) is 0 Å². The zero-order valence-corrected chi connectivity index (χ0v) is 11.1. The summed E-state index contributed by atoms with van der Waals surface area (Å²) in [7, 11) is 1.43. The largest absolute Gasteiger partial charge is 0.468 e. The summed E-state index contributed by atoms with van der Waals surface area (Å²) in [5.41, 5.74) is 0. The predicted octanol–water partition coefficient (Wildman–Crippen LogP) is 1.63. The summed E-state index contributed by atoms with van der Waals surface area (Å²) in [6.45, 7) is 5.41. The van der Waals surface area contributed by atoms with Gasteiger partial charge in [-0.2, -0.15) is 0 Å². The molecule has 2 unspecified atom stereocenters. The van der Waals surface area contributed by atoms with E-state index in [1.54, 1.807) is 0 Å². The molecule has 1 rings (SSSR count). The highest BCUT2D eigenvalue weighted by molar-refractivity contribution is 5.82. The number of ketones is 1. The minimum Gasteiger partial charge on any atom is -0.468 e. The standard InChI is InChI=1S/C13H23NO3/c1-4-5-6-11(13(16)17-3)14-8-7-12(15)10(2)9-14/h10-11H,4-9H2,1-3H3. The van der Waals surface area contributed by atoms with Gasteiger partial charge in [0.1, 0.15) is 11.8 Å². The number of nitrogens with zero attached hydrogens (tertiary/aromatic N) is 1. The van der Waals surface area contributed by atoms with E-state index in [9.17, 15) is 9.59 Å². The normalized spacial score (nSPS) is 23.5. The molecule has 17 heavy (non-hydrogen) atoms. The number of carbonyl (C=O) groups is 2. The Balaban J connectivity index is 2.62. The van der Waals surface area contributed by atoms with E-state index in [0.29, 0.717) is 25.3 Å². The topological polar surface area (TPSA) is 46.6 Å². The van der Waals surface area contributed by atoms with Gasteiger partial charge in [-0.05, 0) is 6.42 Å². The van der Waals surface area contributed by atoms with Crippen molar-refractivity contribution in [3.05, 3.63) is 0 Å². The van der Waals surface area contributed by atoms with Crippen molar-refractivity contribution in [2.24, 2.45) is 5.92 Å². The summed E-state index contributed by atoms with van der Waals surface area (Å²) in [4.78, 5) is 25.3. The van der Waals surface area contributed by atoms with Gasteiger partial charge in [-0.1, -0.05) is 26.7 Å². The van der Waals surface area contributed by atoms with E-state index in [-0.39, 0.29) is 17.9 Å². The fourth-order valence-electron chi connectivity index (χ4n) is 2.31. The molecule has 0 aromatic rings. The summed E-state index contributed by atoms with van der Waals surface area (Å²) in [5.74, 6) is 0.179. The maximum atomic E-state index is 11.8. The molecule has 0 N–H and O–H groups in total. The second kappa shape index (κ2) is 6.74. The van der Waals surface area contributed by atoms with Crippen molar-refractivity contribution < 1.29 is 14.3 Å². The van der Waals surface area contributed by atoms with Crippen LogP contribution in [-0.4, -0.2) is 42.9 Å². The van der Waals surface area contributed by atoms with Gasteiger partial charge >= 0.3 is 5.97 Å². The summed E-state index contributed by atoms with van der Waals surface area (Å²) in [6.07, 6.45) is 3.46. The van der Waals surface area contributed by atoms with Crippen molar-refractivity contribution in [1.82, 2.24) is 4.90 Å². The van der Waals surface area contributed by atoms with Gasteiger partial charge in [0.25, 0.3) is 0 Å². The Morgan fingerprint density at radius 1 is 1.59 bits per heavy atom. The molecule has 0 saturated carbocycles. The minimum absolute atomic E-state index is 0.0394. The van der Waals surface area contributed by atoms with E-state index in [1.165, 1.54) is 7.11 Å². The first-order valence-electron chi connectivity index (χ1n) is 6.44. The van der Waals surface area contributed by atoms with Crippen LogP contribution in [0.3, 0.4) is 0 Å². The Hall–Kier alpha value is -0.900. The average molecular weight is 241 g/mol. The van der Waals surface area contributed by atoms with Crippen molar-refractivity contribution in [2.45, 2.75) is 45.6 Å². The zero-order chi connectivity index (χ0) is 12.8. The third-order valence-electron chi connectivity index (χ3n) is 3.45. The molecule has 98 valence electrons. The Morgan fingerprint density at radius 3 is 2.82 bits per heavy atom. The molecule has 1 aliphatic heterocycles. The van der Waals surface area contributed by atoms with E-state index in [1.807, 2.05) is 6.92 Å². The Kier molecular flexibility index (Phi) is 5.62. The molecular formula is C13H23NO3. The highest BCUT2D eigenvalue weighted by Crippen LogP contribution is 2.19. The van der Waals surface area contributed by atoms with E-state index in [4.69, 9.17) is 4.74 Å². The summed E-state index contributed by atoms with van der Waals surface area (Å²) < 4.78 is 4.86. The van der Waals surface area contributed by atoms with Crippen LogP contribution in [0.4, 0.5) is 0 Å². The van der Waals surface area contributed by atoms with Crippen molar-refractivity contribution >= 4 is 11.8 Å². The number of ether oxygens (including phenoxy) is 1. The fourth-order valence-corrected chi connectivity index (χ4v) is 2.31. The zero-order valence-electron chi connectivity index (χ0n) is 11.1. The van der Waals surface area contributed by atoms with Gasteiger partial charge in [-0.3, -0.25) is 14.5 Å². The third-order valence-corrected chi connectivity index (χ3v) is 3.45. The third kappa shape index (κ3) is 3.80. The number of esters is 1. The first-order chi connectivity index (χ1) is 8.10. The van der Waals surface area contributed by atoms with Crippen LogP contribution in [0, 0.1) is 5.92 Å². The number of unbranched alkanes of at least 4 members (excludes halogenated alkanes) is 1. The number of rotatable bonds is 5. The fraction of sp³-hybridized carbons (Fsp3) is 0.846. The SMILES string of the molecule is CCCCC(C(=O)OC)N1CCC(=O)C(C)C1. The molecule has 1 heterocycles. The second-order valence-electron chi connectivity index (χ2n) is 4.79. The van der Waals surface area contributed by atoms with E-state index in [2.05, 4.69) is 11.8 Å². The lowest BCUT2D eigenvalue weighted by atomic mass is 9.96. The molecule has 0 spiro atoms. The van der Waals surface area contributed by atoms with Crippen molar-refractivity contribution in [2.75, 3.05) is 20.2 Å². The quantitative estimate of drug-likeness (QED) is 0.686. The van der Waals surface area contributed by atoms with Gasteiger partial charge in [0.15, 0.2) is 0 Å². The number of likely N-dealkylation sites (tertiary alicyclic amines) is 1. The predicted molar refractivity (Wildman–Crippen MR) is 65.7 cm³/mol. The van der Waals surface area contributed by atoms with Crippen LogP contribution in [-0.2, 0) is 14.3 Å². The highest BCUT2D eigenvalue weighted by Gasteiger charge is 2.32. The lowest BCUT2D eigenvalue weighted by molar-refractivity contribution is -0.149. The Bertz CT molecular complexity index is 278. The molecule has 0 radical (unpaired) electrons. The van der Waals surface area contributed by atoms with Gasteiger partial charge in [0.05, 0.1) is 7.11 Å². The molecule has 4 nitrogen and oxygen atoms in total. The van der Waals surface area contributed by atoms with Crippen LogP contribution >= 0.6 is 0 Å². The van der Waals surface area contributed by atoms with Gasteiger partial charge in [-0.25, -0.2) is 0 Å². The van der Waals surface area contributed by atoms with Crippen LogP contribution in [0.1, 0.15) is 39.5 Å². The molecular weight excluding hydrogens is 218 g/mol. The number of Topliss-reactive ketones (excluding diaryl/α,β-unsaturated/α-hetero) is 1. The average Bonchev–Trinajstić information content (AvgIpc) is 2.33. The van der Waals surface area contributed by atoms with Gasteiger partial charge in [-0.15, -0.1) is 0 Å².